The normalized spacial score (nSPS) is 53.9. The monoisotopic (exact) mass is 808 g/mol. The lowest BCUT2D eigenvalue weighted by atomic mass is 9.93. The first-order valence-corrected chi connectivity index (χ1v) is 17.6. The average molecular weight is 809 g/mol. The minimum atomic E-state index is -2.16. The molecule has 0 aromatic rings. The van der Waals surface area contributed by atoms with Crippen LogP contribution in [0.25, 0.3) is 0 Å². The van der Waals surface area contributed by atoms with Crippen molar-refractivity contribution in [2.24, 2.45) is 0 Å². The van der Waals surface area contributed by atoms with E-state index in [9.17, 15) is 76.3 Å². The van der Waals surface area contributed by atoms with Gasteiger partial charge in [0, 0.05) is 0 Å². The first kappa shape index (κ1) is 44.7. The van der Waals surface area contributed by atoms with E-state index in [2.05, 4.69) is 0 Å². The van der Waals surface area contributed by atoms with Crippen molar-refractivity contribution in [3.63, 3.8) is 0 Å². The van der Waals surface area contributed by atoms with Crippen molar-refractivity contribution in [2.45, 2.75) is 174 Å². The Morgan fingerprint density at radius 2 is 0.800 bits per heavy atom. The highest BCUT2D eigenvalue weighted by Gasteiger charge is 2.57. The summed E-state index contributed by atoms with van der Waals surface area (Å²) in [5, 5.41) is 147. The van der Waals surface area contributed by atoms with Gasteiger partial charge in [0.15, 0.2) is 31.3 Å². The number of hydrogen-bond donors (Lipinski definition) is 14. The molecule has 24 nitrogen and oxygen atoms in total. The second-order valence-electron chi connectivity index (χ2n) is 14.3. The molecule has 320 valence electrons. The molecule has 14 N–H and O–H groups in total. The molecule has 25 unspecified atom stereocenters. The molecule has 0 spiro atoms. The minimum Gasteiger partial charge on any atom is -0.479 e. The van der Waals surface area contributed by atoms with Crippen LogP contribution in [0.5, 0.6) is 0 Å². The van der Waals surface area contributed by atoms with Crippen molar-refractivity contribution in [3.8, 4) is 0 Å². The predicted octanol–water partition coefficient (Wildman–Crippen LogP) is -8.71. The minimum absolute atomic E-state index is 0.839. The predicted molar refractivity (Wildman–Crippen MR) is 168 cm³/mol. The maximum absolute atomic E-state index is 12.1. The standard InChI is InChI=1S/C31H52O24/c1-6-11(34)15(38)19(42)28(48-6)54-25-17(40)12(35)7(2)49-30(25)55-26-18(41)14(37)10(5-33)51-31(26)53-23-21(44)24(27(45)46)47-8(3)22(23)52-29-20(43)16(39)13(36)9(4-32)50-29/h6-26,28-44H,4-5H2,1-3H3,(H,45,46). The van der Waals surface area contributed by atoms with Crippen molar-refractivity contribution in [3.05, 3.63) is 0 Å². The molecule has 0 aromatic carbocycles. The Morgan fingerprint density at radius 3 is 1.35 bits per heavy atom. The first-order chi connectivity index (χ1) is 25.8. The Balaban J connectivity index is 1.46. The molecule has 0 saturated carbocycles. The van der Waals surface area contributed by atoms with Crippen LogP contribution in [0.2, 0.25) is 0 Å². The van der Waals surface area contributed by atoms with E-state index in [4.69, 9.17) is 42.6 Å². The lowest BCUT2D eigenvalue weighted by molar-refractivity contribution is -0.401. The molecule has 25 atom stereocenters. The lowest BCUT2D eigenvalue weighted by Crippen LogP contribution is -2.68. The van der Waals surface area contributed by atoms with Crippen molar-refractivity contribution in [2.75, 3.05) is 13.2 Å². The maximum atomic E-state index is 12.1. The molecule has 5 heterocycles. The van der Waals surface area contributed by atoms with Gasteiger partial charge in [-0.15, -0.1) is 0 Å². The zero-order valence-corrected chi connectivity index (χ0v) is 29.7. The summed E-state index contributed by atoms with van der Waals surface area (Å²) in [6, 6.07) is 0. The molecule has 24 heteroatoms. The second kappa shape index (κ2) is 18.2. The topological polar surface area (TPSA) is 383 Å². The molecular formula is C31H52O24. The number of aliphatic carboxylic acids is 1. The Hall–Kier alpha value is -1.41. The number of aliphatic hydroxyl groups excluding tert-OH is 13. The molecule has 0 radical (unpaired) electrons. The van der Waals surface area contributed by atoms with Crippen LogP contribution in [-0.4, -0.2) is 244 Å². The Kier molecular flexibility index (Phi) is 14.8. The van der Waals surface area contributed by atoms with E-state index in [1.807, 2.05) is 0 Å². The van der Waals surface area contributed by atoms with E-state index >= 15 is 0 Å². The highest BCUT2D eigenvalue weighted by atomic mass is 16.8. The SMILES string of the molecule is CC1OC(OC2C(OC3C(OC4C(O)C(C(=O)O)OC(C)C4OC4OC(CO)C(O)C(O)C4O)OC(CO)C(O)C3O)OC(C)C(O)C2O)C(O)C(O)C1O. The summed E-state index contributed by atoms with van der Waals surface area (Å²) in [5.41, 5.74) is 0. The summed E-state index contributed by atoms with van der Waals surface area (Å²) < 4.78 is 51.3. The van der Waals surface area contributed by atoms with Gasteiger partial charge in [0.2, 0.25) is 0 Å². The lowest BCUT2D eigenvalue weighted by Gasteiger charge is -2.50. The molecule has 5 fully saturated rings. The van der Waals surface area contributed by atoms with Crippen molar-refractivity contribution in [1.29, 1.82) is 0 Å². The number of carbonyl (C=O) groups is 1. The highest BCUT2D eigenvalue weighted by molar-refractivity contribution is 5.73. The van der Waals surface area contributed by atoms with Gasteiger partial charge in [0.25, 0.3) is 0 Å². The van der Waals surface area contributed by atoms with E-state index in [-0.39, 0.29) is 0 Å². The number of rotatable bonds is 11. The Labute approximate surface area is 312 Å². The van der Waals surface area contributed by atoms with Gasteiger partial charge in [0.1, 0.15) is 104 Å². The third-order valence-corrected chi connectivity index (χ3v) is 10.5. The molecule has 0 aromatic heterocycles. The van der Waals surface area contributed by atoms with Gasteiger partial charge >= 0.3 is 5.97 Å². The second-order valence-corrected chi connectivity index (χ2v) is 14.3. The van der Waals surface area contributed by atoms with Crippen LogP contribution in [0.3, 0.4) is 0 Å². The fourth-order valence-electron chi connectivity index (χ4n) is 7.07. The fraction of sp³-hybridized carbons (Fsp3) is 0.968. The van der Waals surface area contributed by atoms with Gasteiger partial charge in [-0.1, -0.05) is 0 Å². The molecule has 5 saturated heterocycles. The number of aliphatic hydroxyl groups is 13. The Morgan fingerprint density at radius 1 is 0.418 bits per heavy atom. The van der Waals surface area contributed by atoms with Gasteiger partial charge < -0.3 is 114 Å². The third kappa shape index (κ3) is 8.96. The van der Waals surface area contributed by atoms with E-state index in [1.54, 1.807) is 0 Å². The van der Waals surface area contributed by atoms with Gasteiger partial charge in [0.05, 0.1) is 31.5 Å². The van der Waals surface area contributed by atoms with Crippen LogP contribution in [0.15, 0.2) is 0 Å². The van der Waals surface area contributed by atoms with E-state index < -0.39 is 173 Å². The van der Waals surface area contributed by atoms with E-state index in [1.165, 1.54) is 20.8 Å². The summed E-state index contributed by atoms with van der Waals surface area (Å²) in [4.78, 5) is 12.1. The first-order valence-electron chi connectivity index (χ1n) is 17.6. The molecular weight excluding hydrogens is 756 g/mol. The van der Waals surface area contributed by atoms with Gasteiger partial charge in [-0.25, -0.2) is 4.79 Å². The van der Waals surface area contributed by atoms with Crippen LogP contribution in [0.1, 0.15) is 20.8 Å². The van der Waals surface area contributed by atoms with E-state index in [0.29, 0.717) is 0 Å². The van der Waals surface area contributed by atoms with Crippen LogP contribution in [0, 0.1) is 0 Å². The number of carboxylic acids is 1. The Bertz CT molecular complexity index is 1250. The van der Waals surface area contributed by atoms with Crippen LogP contribution >= 0.6 is 0 Å². The summed E-state index contributed by atoms with van der Waals surface area (Å²) in [6.45, 7) is 2.17. The van der Waals surface area contributed by atoms with Gasteiger partial charge in [-0.05, 0) is 20.8 Å². The van der Waals surface area contributed by atoms with Crippen LogP contribution < -0.4 is 0 Å². The highest BCUT2D eigenvalue weighted by Crippen LogP contribution is 2.36. The zero-order chi connectivity index (χ0) is 40.8. The molecule has 55 heavy (non-hydrogen) atoms. The summed E-state index contributed by atoms with van der Waals surface area (Å²) in [5.74, 6) is -1.67. The summed E-state index contributed by atoms with van der Waals surface area (Å²) in [6.07, 6.45) is -44.1. The van der Waals surface area contributed by atoms with Crippen molar-refractivity contribution >= 4 is 5.97 Å². The van der Waals surface area contributed by atoms with Gasteiger partial charge in [-0.3, -0.25) is 0 Å². The van der Waals surface area contributed by atoms with Crippen molar-refractivity contribution < 1.29 is 119 Å². The molecule has 5 aliphatic rings. The summed E-state index contributed by atoms with van der Waals surface area (Å²) in [7, 11) is 0. The van der Waals surface area contributed by atoms with Crippen LogP contribution in [0.4, 0.5) is 0 Å². The number of carboxylic acid groups (broad SMARTS) is 1. The fourth-order valence-corrected chi connectivity index (χ4v) is 7.07. The summed E-state index contributed by atoms with van der Waals surface area (Å²) >= 11 is 0. The average Bonchev–Trinajstić information content (AvgIpc) is 3.15. The van der Waals surface area contributed by atoms with E-state index in [0.717, 1.165) is 0 Å². The largest absolute Gasteiger partial charge is 0.479 e. The molecule has 5 rings (SSSR count). The van der Waals surface area contributed by atoms with Crippen LogP contribution in [-0.2, 0) is 47.4 Å². The van der Waals surface area contributed by atoms with Gasteiger partial charge in [-0.2, -0.15) is 0 Å². The quantitative estimate of drug-likeness (QED) is 0.0921. The maximum Gasteiger partial charge on any atom is 0.335 e. The number of hydrogen-bond acceptors (Lipinski definition) is 23. The number of ether oxygens (including phenoxy) is 9. The third-order valence-electron chi connectivity index (χ3n) is 10.5. The molecule has 0 amide bonds. The molecule has 0 aliphatic carbocycles. The van der Waals surface area contributed by atoms with Crippen molar-refractivity contribution in [1.82, 2.24) is 0 Å². The smallest absolute Gasteiger partial charge is 0.335 e. The zero-order valence-electron chi connectivity index (χ0n) is 29.7. The molecule has 5 aliphatic heterocycles. The molecule has 0 bridgehead atoms.